The number of aromatic amines is 1. The van der Waals surface area contributed by atoms with Crippen LogP contribution in [0, 0.1) is 0 Å². The molecular formula is C22H21N3O3S. The fourth-order valence-electron chi connectivity index (χ4n) is 3.15. The van der Waals surface area contributed by atoms with E-state index in [1.807, 2.05) is 42.5 Å². The summed E-state index contributed by atoms with van der Waals surface area (Å²) in [4.78, 5) is 8.09. The molecule has 0 aliphatic rings. The van der Waals surface area contributed by atoms with Crippen LogP contribution in [0.1, 0.15) is 11.4 Å². The van der Waals surface area contributed by atoms with Crippen molar-refractivity contribution in [1.29, 1.82) is 0 Å². The predicted octanol–water partition coefficient (Wildman–Crippen LogP) is 4.16. The number of ether oxygens (including phenoxy) is 1. The molecule has 1 aromatic heterocycles. The monoisotopic (exact) mass is 407 g/mol. The van der Waals surface area contributed by atoms with Crippen LogP contribution in [0.4, 0.5) is 5.69 Å². The number of H-pyrrole nitrogens is 1. The number of rotatable bonds is 7. The van der Waals surface area contributed by atoms with Gasteiger partial charge in [-0.25, -0.2) is 13.4 Å². The number of anilines is 1. The number of hydrogen-bond donors (Lipinski definition) is 2. The van der Waals surface area contributed by atoms with Gasteiger partial charge < -0.3 is 9.72 Å². The molecule has 0 aliphatic carbocycles. The van der Waals surface area contributed by atoms with Gasteiger partial charge in [-0.3, -0.25) is 4.72 Å². The van der Waals surface area contributed by atoms with E-state index >= 15 is 0 Å². The van der Waals surface area contributed by atoms with Gasteiger partial charge in [0.1, 0.15) is 11.6 Å². The molecule has 0 unspecified atom stereocenters. The first-order valence-electron chi connectivity index (χ1n) is 9.23. The number of methoxy groups -OCH3 is 1. The minimum Gasteiger partial charge on any atom is -0.497 e. The molecule has 0 bridgehead atoms. The van der Waals surface area contributed by atoms with Gasteiger partial charge in [-0.05, 0) is 60.5 Å². The number of benzene rings is 3. The third-order valence-electron chi connectivity index (χ3n) is 4.64. The highest BCUT2D eigenvalue weighted by Gasteiger charge is 2.14. The molecule has 7 heteroatoms. The summed E-state index contributed by atoms with van der Waals surface area (Å²) in [5.74, 6) is 1.52. The van der Waals surface area contributed by atoms with Crippen molar-refractivity contribution in [1.82, 2.24) is 9.97 Å². The molecule has 29 heavy (non-hydrogen) atoms. The number of para-hydroxylation sites is 2. The number of sulfonamides is 1. The number of fused-ring (bicyclic) bond motifs is 1. The minimum absolute atomic E-state index is 0.186. The fraction of sp³-hybridized carbons (Fsp3) is 0.136. The molecular weight excluding hydrogens is 386 g/mol. The van der Waals surface area contributed by atoms with Crippen LogP contribution in [0.25, 0.3) is 11.0 Å². The van der Waals surface area contributed by atoms with Gasteiger partial charge in [0.25, 0.3) is 10.0 Å². The van der Waals surface area contributed by atoms with Crippen molar-refractivity contribution >= 4 is 26.7 Å². The molecule has 0 saturated carbocycles. The van der Waals surface area contributed by atoms with Crippen LogP contribution in [-0.4, -0.2) is 25.5 Å². The SMILES string of the molecule is COc1ccc(S(=O)(=O)Nc2cccc(CCc3nc4ccccc4[nH]3)c2)cc1. The first kappa shape index (κ1) is 19.0. The molecule has 1 heterocycles. The Bertz CT molecular complexity index is 1200. The van der Waals surface area contributed by atoms with E-state index in [-0.39, 0.29) is 4.90 Å². The zero-order valence-electron chi connectivity index (χ0n) is 15.9. The topological polar surface area (TPSA) is 84.1 Å². The van der Waals surface area contributed by atoms with E-state index in [1.165, 1.54) is 12.1 Å². The van der Waals surface area contributed by atoms with Crippen LogP contribution in [-0.2, 0) is 22.9 Å². The largest absolute Gasteiger partial charge is 0.497 e. The molecule has 3 aromatic carbocycles. The van der Waals surface area contributed by atoms with Crippen molar-refractivity contribution in [3.8, 4) is 5.75 Å². The molecule has 0 atom stereocenters. The summed E-state index contributed by atoms with van der Waals surface area (Å²) < 4.78 is 33.0. The third-order valence-corrected chi connectivity index (χ3v) is 6.04. The fourth-order valence-corrected chi connectivity index (χ4v) is 4.20. The number of nitrogens with zero attached hydrogens (tertiary/aromatic N) is 1. The lowest BCUT2D eigenvalue weighted by Crippen LogP contribution is -2.13. The highest BCUT2D eigenvalue weighted by molar-refractivity contribution is 7.92. The lowest BCUT2D eigenvalue weighted by molar-refractivity contribution is 0.414. The molecule has 0 spiro atoms. The van der Waals surface area contributed by atoms with Crippen molar-refractivity contribution in [3.63, 3.8) is 0 Å². The summed E-state index contributed by atoms with van der Waals surface area (Å²) in [6.07, 6.45) is 1.49. The van der Waals surface area contributed by atoms with Crippen molar-refractivity contribution in [2.24, 2.45) is 0 Å². The standard InChI is InChI=1S/C22H21N3O3S/c1-28-18-10-12-19(13-11-18)29(26,27)25-17-6-4-5-16(15-17)9-14-22-23-20-7-2-3-8-21(20)24-22/h2-8,10-13,15,25H,9,14H2,1H3,(H,23,24). The minimum atomic E-state index is -3.66. The highest BCUT2D eigenvalue weighted by atomic mass is 32.2. The lowest BCUT2D eigenvalue weighted by Gasteiger charge is -2.10. The van der Waals surface area contributed by atoms with Crippen molar-refractivity contribution in [2.45, 2.75) is 17.7 Å². The molecule has 0 saturated heterocycles. The van der Waals surface area contributed by atoms with Crippen LogP contribution in [0.2, 0.25) is 0 Å². The van der Waals surface area contributed by atoms with Crippen LogP contribution in [0.5, 0.6) is 5.75 Å². The van der Waals surface area contributed by atoms with Crippen molar-refractivity contribution in [3.05, 3.63) is 84.2 Å². The van der Waals surface area contributed by atoms with E-state index in [0.29, 0.717) is 11.4 Å². The Morgan fingerprint density at radius 2 is 1.76 bits per heavy atom. The Morgan fingerprint density at radius 1 is 0.966 bits per heavy atom. The van der Waals surface area contributed by atoms with Gasteiger partial charge in [0.15, 0.2) is 0 Å². The number of imidazole rings is 1. The summed E-state index contributed by atoms with van der Waals surface area (Å²) in [6.45, 7) is 0. The van der Waals surface area contributed by atoms with Crippen LogP contribution in [0.15, 0.2) is 77.7 Å². The Labute approximate surface area is 169 Å². The molecule has 2 N–H and O–H groups in total. The zero-order chi connectivity index (χ0) is 20.3. The van der Waals surface area contributed by atoms with Gasteiger partial charge in [0, 0.05) is 12.1 Å². The second-order valence-corrected chi connectivity index (χ2v) is 8.36. The maximum Gasteiger partial charge on any atom is 0.261 e. The maximum absolute atomic E-state index is 12.6. The molecule has 4 aromatic rings. The van der Waals surface area contributed by atoms with Gasteiger partial charge in [-0.1, -0.05) is 24.3 Å². The maximum atomic E-state index is 12.6. The van der Waals surface area contributed by atoms with Crippen molar-refractivity contribution in [2.75, 3.05) is 11.8 Å². The van der Waals surface area contributed by atoms with Crippen molar-refractivity contribution < 1.29 is 13.2 Å². The normalized spacial score (nSPS) is 11.5. The molecule has 4 rings (SSSR count). The number of aromatic nitrogens is 2. The Hall–Kier alpha value is -3.32. The van der Waals surface area contributed by atoms with Gasteiger partial charge in [-0.15, -0.1) is 0 Å². The Kier molecular flexibility index (Phi) is 5.22. The second kappa shape index (κ2) is 7.97. The molecule has 148 valence electrons. The summed E-state index contributed by atoms with van der Waals surface area (Å²) in [5, 5.41) is 0. The third kappa shape index (κ3) is 4.41. The Balaban J connectivity index is 1.46. The van der Waals surface area contributed by atoms with E-state index in [9.17, 15) is 8.42 Å². The molecule has 6 nitrogen and oxygen atoms in total. The van der Waals surface area contributed by atoms with E-state index < -0.39 is 10.0 Å². The summed E-state index contributed by atoms with van der Waals surface area (Å²) in [5.41, 5.74) is 3.52. The average molecular weight is 407 g/mol. The number of aryl methyl sites for hydroxylation is 2. The lowest BCUT2D eigenvalue weighted by atomic mass is 10.1. The second-order valence-electron chi connectivity index (χ2n) is 6.68. The quantitative estimate of drug-likeness (QED) is 0.482. The summed E-state index contributed by atoms with van der Waals surface area (Å²) >= 11 is 0. The van der Waals surface area contributed by atoms with Gasteiger partial charge >= 0.3 is 0 Å². The van der Waals surface area contributed by atoms with E-state index in [4.69, 9.17) is 4.74 Å². The molecule has 0 fully saturated rings. The van der Waals surface area contributed by atoms with E-state index in [0.717, 1.165) is 35.3 Å². The van der Waals surface area contributed by atoms with E-state index in [1.54, 1.807) is 25.3 Å². The molecule has 0 aliphatic heterocycles. The summed E-state index contributed by atoms with van der Waals surface area (Å²) in [7, 11) is -2.12. The van der Waals surface area contributed by atoms with E-state index in [2.05, 4.69) is 14.7 Å². The highest BCUT2D eigenvalue weighted by Crippen LogP contribution is 2.20. The average Bonchev–Trinajstić information content (AvgIpc) is 3.15. The Morgan fingerprint density at radius 3 is 2.52 bits per heavy atom. The first-order valence-corrected chi connectivity index (χ1v) is 10.7. The first-order chi connectivity index (χ1) is 14.0. The number of hydrogen-bond acceptors (Lipinski definition) is 4. The van der Waals surface area contributed by atoms with Gasteiger partial charge in [0.05, 0.1) is 23.0 Å². The molecule has 0 radical (unpaired) electrons. The van der Waals surface area contributed by atoms with Gasteiger partial charge in [0.2, 0.25) is 0 Å². The van der Waals surface area contributed by atoms with Crippen LogP contribution >= 0.6 is 0 Å². The summed E-state index contributed by atoms with van der Waals surface area (Å²) in [6, 6.07) is 21.6. The smallest absolute Gasteiger partial charge is 0.261 e. The molecule has 0 amide bonds. The van der Waals surface area contributed by atoms with Gasteiger partial charge in [-0.2, -0.15) is 0 Å². The number of nitrogens with one attached hydrogen (secondary N) is 2. The van der Waals surface area contributed by atoms with Crippen LogP contribution in [0.3, 0.4) is 0 Å². The van der Waals surface area contributed by atoms with Crippen LogP contribution < -0.4 is 9.46 Å². The zero-order valence-corrected chi connectivity index (χ0v) is 16.7. The predicted molar refractivity (Wildman–Crippen MR) is 114 cm³/mol.